The Hall–Kier alpha value is -2.72. The SMILES string of the molecule is CCCC(O)O.O=C(O)/C=C\C(=O)O.O=C(O)/C=C\C(=O)O. The Bertz CT molecular complexity index is 342. The molecule has 0 radical (unpaired) electrons. The highest BCUT2D eigenvalue weighted by molar-refractivity contribution is 5.90. The smallest absolute Gasteiger partial charge is 0.328 e. The molecule has 0 aliphatic carbocycles. The van der Waals surface area contributed by atoms with Crippen LogP contribution in [0.3, 0.4) is 0 Å². The Balaban J connectivity index is -0.000000249. The zero-order valence-corrected chi connectivity index (χ0v) is 11.6. The van der Waals surface area contributed by atoms with Gasteiger partial charge in [0.25, 0.3) is 0 Å². The first kappa shape index (κ1) is 24.3. The van der Waals surface area contributed by atoms with Gasteiger partial charge in [-0.05, 0) is 6.42 Å². The number of carbonyl (C=O) groups is 4. The second-order valence-corrected chi connectivity index (χ2v) is 3.29. The molecule has 0 aromatic rings. The van der Waals surface area contributed by atoms with Gasteiger partial charge in [-0.1, -0.05) is 13.3 Å². The topological polar surface area (TPSA) is 190 Å². The highest BCUT2D eigenvalue weighted by atomic mass is 16.5. The van der Waals surface area contributed by atoms with E-state index in [9.17, 15) is 19.2 Å². The zero-order valence-electron chi connectivity index (χ0n) is 11.6. The molecule has 0 atom stereocenters. The van der Waals surface area contributed by atoms with Crippen molar-refractivity contribution in [1.29, 1.82) is 0 Å². The fourth-order valence-corrected chi connectivity index (χ4v) is 0.543. The first-order valence-corrected chi connectivity index (χ1v) is 5.66. The molecule has 0 aromatic carbocycles. The molecule has 0 aromatic heterocycles. The number of rotatable bonds is 6. The summed E-state index contributed by atoms with van der Waals surface area (Å²) in [5.74, 6) is -5.03. The van der Waals surface area contributed by atoms with E-state index in [-0.39, 0.29) is 0 Å². The van der Waals surface area contributed by atoms with Gasteiger partial charge in [0.15, 0.2) is 6.29 Å². The number of aliphatic carboxylic acids is 4. The number of aliphatic hydroxyl groups is 2. The first-order chi connectivity index (χ1) is 10.0. The molecule has 6 N–H and O–H groups in total. The molecule has 0 fully saturated rings. The van der Waals surface area contributed by atoms with Crippen molar-refractivity contribution in [3.05, 3.63) is 24.3 Å². The zero-order chi connectivity index (χ0) is 18.1. The Kier molecular flexibility index (Phi) is 18.0. The van der Waals surface area contributed by atoms with Gasteiger partial charge in [-0.3, -0.25) is 0 Å². The molecule has 10 nitrogen and oxygen atoms in total. The normalized spacial score (nSPS) is 9.64. The molecule has 0 bridgehead atoms. The number of hydrogen-bond donors (Lipinski definition) is 6. The summed E-state index contributed by atoms with van der Waals surface area (Å²) in [6.45, 7) is 1.90. The number of aliphatic hydroxyl groups excluding tert-OH is 1. The van der Waals surface area contributed by atoms with E-state index in [1.807, 2.05) is 6.92 Å². The fraction of sp³-hybridized carbons (Fsp3) is 0.333. The van der Waals surface area contributed by atoms with Gasteiger partial charge in [-0.2, -0.15) is 0 Å². The summed E-state index contributed by atoms with van der Waals surface area (Å²) in [7, 11) is 0. The van der Waals surface area contributed by atoms with Gasteiger partial charge in [0.1, 0.15) is 0 Å². The highest BCUT2D eigenvalue weighted by Crippen LogP contribution is 1.88. The van der Waals surface area contributed by atoms with E-state index in [2.05, 4.69) is 0 Å². The molecular formula is C12H18O10. The highest BCUT2D eigenvalue weighted by Gasteiger charge is 1.89. The molecule has 22 heavy (non-hydrogen) atoms. The van der Waals surface area contributed by atoms with E-state index in [1.165, 1.54) is 0 Å². The molecule has 0 heterocycles. The maximum atomic E-state index is 9.55. The fourth-order valence-electron chi connectivity index (χ4n) is 0.543. The van der Waals surface area contributed by atoms with E-state index >= 15 is 0 Å². The summed E-state index contributed by atoms with van der Waals surface area (Å²) in [6.07, 6.45) is 2.45. The second kappa shape index (κ2) is 16.3. The van der Waals surface area contributed by atoms with Gasteiger partial charge >= 0.3 is 23.9 Å². The second-order valence-electron chi connectivity index (χ2n) is 3.29. The predicted molar refractivity (Wildman–Crippen MR) is 72.0 cm³/mol. The maximum absolute atomic E-state index is 9.55. The number of carboxylic acid groups (broad SMARTS) is 4. The number of hydrogen-bond acceptors (Lipinski definition) is 6. The number of carboxylic acids is 4. The minimum atomic E-state index is -1.26. The molecule has 0 unspecified atom stereocenters. The van der Waals surface area contributed by atoms with E-state index in [4.69, 9.17) is 30.6 Å². The van der Waals surface area contributed by atoms with Crippen LogP contribution in [0.15, 0.2) is 24.3 Å². The van der Waals surface area contributed by atoms with Crippen LogP contribution < -0.4 is 0 Å². The van der Waals surface area contributed by atoms with E-state index in [1.54, 1.807) is 0 Å². The lowest BCUT2D eigenvalue weighted by atomic mass is 10.3. The Morgan fingerprint density at radius 3 is 1.00 bits per heavy atom. The van der Waals surface area contributed by atoms with Crippen molar-refractivity contribution in [3.8, 4) is 0 Å². The van der Waals surface area contributed by atoms with Crippen LogP contribution >= 0.6 is 0 Å². The van der Waals surface area contributed by atoms with Crippen LogP contribution in [-0.4, -0.2) is 60.8 Å². The van der Waals surface area contributed by atoms with Gasteiger partial charge in [-0.15, -0.1) is 0 Å². The van der Waals surface area contributed by atoms with Crippen molar-refractivity contribution >= 4 is 23.9 Å². The minimum Gasteiger partial charge on any atom is -0.478 e. The van der Waals surface area contributed by atoms with Crippen molar-refractivity contribution in [2.45, 2.75) is 26.1 Å². The van der Waals surface area contributed by atoms with Gasteiger partial charge in [-0.25, -0.2) is 19.2 Å². The van der Waals surface area contributed by atoms with Crippen molar-refractivity contribution in [1.82, 2.24) is 0 Å². The molecule has 0 aliphatic heterocycles. The van der Waals surface area contributed by atoms with Gasteiger partial charge in [0.05, 0.1) is 0 Å². The molecule has 0 saturated carbocycles. The average molecular weight is 322 g/mol. The summed E-state index contributed by atoms with van der Waals surface area (Å²) >= 11 is 0. The van der Waals surface area contributed by atoms with Crippen LogP contribution in [-0.2, 0) is 19.2 Å². The summed E-state index contributed by atoms with van der Waals surface area (Å²) < 4.78 is 0. The average Bonchev–Trinajstić information content (AvgIpc) is 2.35. The quantitative estimate of drug-likeness (QED) is 0.275. The lowest BCUT2D eigenvalue weighted by Gasteiger charge is -1.94. The predicted octanol–water partition coefficient (Wildman–Crippen LogP) is -0.479. The first-order valence-electron chi connectivity index (χ1n) is 5.66. The third-order valence-corrected chi connectivity index (χ3v) is 1.28. The molecule has 0 spiro atoms. The van der Waals surface area contributed by atoms with Gasteiger partial charge in [0.2, 0.25) is 0 Å². The molecule has 0 amide bonds. The van der Waals surface area contributed by atoms with Crippen molar-refractivity contribution in [2.75, 3.05) is 0 Å². The molecule has 10 heteroatoms. The Labute approximate surface area is 125 Å². The van der Waals surface area contributed by atoms with Gasteiger partial charge < -0.3 is 30.6 Å². The summed E-state index contributed by atoms with van der Waals surface area (Å²) in [5.41, 5.74) is 0. The van der Waals surface area contributed by atoms with Gasteiger partial charge in [0, 0.05) is 24.3 Å². The van der Waals surface area contributed by atoms with Crippen molar-refractivity contribution < 1.29 is 49.8 Å². The van der Waals surface area contributed by atoms with Crippen LogP contribution in [0.5, 0.6) is 0 Å². The van der Waals surface area contributed by atoms with Crippen molar-refractivity contribution in [3.63, 3.8) is 0 Å². The van der Waals surface area contributed by atoms with E-state index < -0.39 is 30.2 Å². The largest absolute Gasteiger partial charge is 0.478 e. The third-order valence-electron chi connectivity index (χ3n) is 1.28. The van der Waals surface area contributed by atoms with Crippen LogP contribution in [0, 0.1) is 0 Å². The summed E-state index contributed by atoms with van der Waals surface area (Å²) in [5, 5.41) is 47.5. The van der Waals surface area contributed by atoms with Crippen LogP contribution in [0.25, 0.3) is 0 Å². The molecule has 0 aliphatic rings. The standard InChI is InChI=1S/2C4H4O4.C4H10O2/c2*5-3(6)1-2-4(7)8;1-2-3-4(5)6/h2*1-2H,(H,5,6)(H,7,8);4-6H,2-3H2,1H3/b2*2-1-;. The minimum absolute atomic E-state index is 0.486. The third kappa shape index (κ3) is 43.3. The van der Waals surface area contributed by atoms with Crippen molar-refractivity contribution in [2.24, 2.45) is 0 Å². The molecular weight excluding hydrogens is 304 g/mol. The lowest BCUT2D eigenvalue weighted by molar-refractivity contribution is -0.134. The summed E-state index contributed by atoms with van der Waals surface area (Å²) in [4.78, 5) is 38.2. The molecule has 0 rings (SSSR count). The summed E-state index contributed by atoms with van der Waals surface area (Å²) in [6, 6.07) is 0. The molecule has 0 saturated heterocycles. The molecule has 126 valence electrons. The van der Waals surface area contributed by atoms with Crippen LogP contribution in [0.1, 0.15) is 19.8 Å². The monoisotopic (exact) mass is 322 g/mol. The van der Waals surface area contributed by atoms with Crippen LogP contribution in [0.2, 0.25) is 0 Å². The van der Waals surface area contributed by atoms with Crippen LogP contribution in [0.4, 0.5) is 0 Å². The van der Waals surface area contributed by atoms with E-state index in [0.717, 1.165) is 6.42 Å². The van der Waals surface area contributed by atoms with E-state index in [0.29, 0.717) is 30.7 Å². The lowest BCUT2D eigenvalue weighted by Crippen LogP contribution is -2.01. The Morgan fingerprint density at radius 2 is 0.955 bits per heavy atom. The maximum Gasteiger partial charge on any atom is 0.328 e. The Morgan fingerprint density at radius 1 is 0.727 bits per heavy atom.